The van der Waals surface area contributed by atoms with Crippen LogP contribution >= 0.6 is 11.6 Å². The zero-order chi connectivity index (χ0) is 19.5. The van der Waals surface area contributed by atoms with Gasteiger partial charge in [0, 0.05) is 11.6 Å². The van der Waals surface area contributed by atoms with E-state index in [1.165, 1.54) is 0 Å². The van der Waals surface area contributed by atoms with E-state index in [-0.39, 0.29) is 6.54 Å². The van der Waals surface area contributed by atoms with E-state index in [0.717, 1.165) is 16.6 Å². The Balaban J connectivity index is 2.14. The molecular formula is C16H14ClF3N2O3S. The Kier molecular flexibility index (Phi) is 6.27. The van der Waals surface area contributed by atoms with Crippen LogP contribution in [0.2, 0.25) is 5.02 Å². The minimum Gasteiger partial charge on any atom is -0.322 e. The van der Waals surface area contributed by atoms with Crippen LogP contribution in [0.15, 0.2) is 36.4 Å². The van der Waals surface area contributed by atoms with Crippen molar-refractivity contribution < 1.29 is 26.4 Å². The monoisotopic (exact) mass is 406 g/mol. The molecule has 26 heavy (non-hydrogen) atoms. The Morgan fingerprint density at radius 3 is 2.27 bits per heavy atom. The van der Waals surface area contributed by atoms with Gasteiger partial charge in [-0.1, -0.05) is 23.7 Å². The van der Waals surface area contributed by atoms with Crippen molar-refractivity contribution in [1.29, 1.82) is 0 Å². The third kappa shape index (κ3) is 5.20. The molecule has 0 aliphatic carbocycles. The van der Waals surface area contributed by atoms with Crippen LogP contribution in [0, 0.1) is 17.5 Å². The predicted octanol–water partition coefficient (Wildman–Crippen LogP) is 3.16. The second-order valence-electron chi connectivity index (χ2n) is 5.43. The van der Waals surface area contributed by atoms with Gasteiger partial charge >= 0.3 is 0 Å². The standard InChI is InChI=1S/C16H14ClF3N2O3S/c1-26(24,25)22(8-10-2-4-11(17)5-3-10)9-14(23)21-13-7-6-12(18)15(19)16(13)20/h2-7H,8-9H2,1H3,(H,21,23). The fourth-order valence-corrected chi connectivity index (χ4v) is 2.92. The van der Waals surface area contributed by atoms with Crippen molar-refractivity contribution >= 4 is 33.2 Å². The van der Waals surface area contributed by atoms with Crippen molar-refractivity contribution in [2.75, 3.05) is 18.1 Å². The number of carbonyl (C=O) groups is 1. The highest BCUT2D eigenvalue weighted by Gasteiger charge is 2.22. The van der Waals surface area contributed by atoms with E-state index in [1.54, 1.807) is 24.3 Å². The van der Waals surface area contributed by atoms with E-state index >= 15 is 0 Å². The van der Waals surface area contributed by atoms with E-state index in [0.29, 0.717) is 16.7 Å². The van der Waals surface area contributed by atoms with E-state index in [1.807, 2.05) is 5.32 Å². The number of rotatable bonds is 6. The third-order valence-corrected chi connectivity index (χ3v) is 4.82. The molecule has 0 aliphatic rings. The summed E-state index contributed by atoms with van der Waals surface area (Å²) in [5, 5.41) is 2.49. The molecule has 0 saturated carbocycles. The summed E-state index contributed by atoms with van der Waals surface area (Å²) in [6.07, 6.45) is 0.911. The average molecular weight is 407 g/mol. The molecule has 0 atom stereocenters. The largest absolute Gasteiger partial charge is 0.322 e. The maximum absolute atomic E-state index is 13.6. The molecule has 0 radical (unpaired) electrons. The summed E-state index contributed by atoms with van der Waals surface area (Å²) >= 11 is 5.76. The highest BCUT2D eigenvalue weighted by molar-refractivity contribution is 7.88. The number of halogens is 4. The van der Waals surface area contributed by atoms with Gasteiger partial charge in [0.15, 0.2) is 17.5 Å². The maximum Gasteiger partial charge on any atom is 0.239 e. The molecule has 0 unspecified atom stereocenters. The van der Waals surface area contributed by atoms with E-state index < -0.39 is 45.6 Å². The highest BCUT2D eigenvalue weighted by atomic mass is 35.5. The lowest BCUT2D eigenvalue weighted by atomic mass is 10.2. The zero-order valence-corrected chi connectivity index (χ0v) is 15.0. The third-order valence-electron chi connectivity index (χ3n) is 3.37. The van der Waals surface area contributed by atoms with Gasteiger partial charge < -0.3 is 5.32 Å². The van der Waals surface area contributed by atoms with Crippen molar-refractivity contribution in [2.24, 2.45) is 0 Å². The van der Waals surface area contributed by atoms with Crippen molar-refractivity contribution in [3.05, 3.63) is 64.4 Å². The summed E-state index contributed by atoms with van der Waals surface area (Å²) < 4.78 is 64.3. The first kappa shape index (κ1) is 20.2. The average Bonchev–Trinajstić information content (AvgIpc) is 2.56. The van der Waals surface area contributed by atoms with Gasteiger partial charge in [-0.05, 0) is 29.8 Å². The molecule has 0 bridgehead atoms. The molecule has 0 fully saturated rings. The lowest BCUT2D eigenvalue weighted by Gasteiger charge is -2.19. The van der Waals surface area contributed by atoms with Crippen molar-refractivity contribution in [2.45, 2.75) is 6.54 Å². The number of carbonyl (C=O) groups excluding carboxylic acids is 1. The molecule has 5 nitrogen and oxygen atoms in total. The Labute approximate surface area is 153 Å². The number of nitrogens with zero attached hydrogens (tertiary/aromatic N) is 1. The highest BCUT2D eigenvalue weighted by Crippen LogP contribution is 2.20. The topological polar surface area (TPSA) is 66.5 Å². The smallest absolute Gasteiger partial charge is 0.239 e. The van der Waals surface area contributed by atoms with Gasteiger partial charge in [-0.2, -0.15) is 4.31 Å². The van der Waals surface area contributed by atoms with Crippen LogP contribution in [-0.4, -0.2) is 31.4 Å². The molecule has 1 amide bonds. The van der Waals surface area contributed by atoms with Gasteiger partial charge in [-0.15, -0.1) is 0 Å². The number of benzene rings is 2. The Morgan fingerprint density at radius 2 is 1.69 bits per heavy atom. The Bertz CT molecular complexity index is 921. The van der Waals surface area contributed by atoms with E-state index in [9.17, 15) is 26.4 Å². The summed E-state index contributed by atoms with van der Waals surface area (Å²) in [6.45, 7) is -0.760. The summed E-state index contributed by atoms with van der Waals surface area (Å²) in [5.74, 6) is -5.61. The number of hydrogen-bond acceptors (Lipinski definition) is 3. The molecule has 140 valence electrons. The molecule has 0 spiro atoms. The van der Waals surface area contributed by atoms with Gasteiger partial charge in [-0.25, -0.2) is 21.6 Å². The normalized spacial score (nSPS) is 11.6. The fourth-order valence-electron chi connectivity index (χ4n) is 2.06. The van der Waals surface area contributed by atoms with Crippen LogP contribution in [0.4, 0.5) is 18.9 Å². The molecule has 0 heterocycles. The molecule has 2 aromatic carbocycles. The first-order valence-electron chi connectivity index (χ1n) is 7.21. The number of nitrogens with one attached hydrogen (secondary N) is 1. The second kappa shape index (κ2) is 8.07. The minimum atomic E-state index is -3.77. The van der Waals surface area contributed by atoms with Gasteiger partial charge in [0.1, 0.15) is 0 Å². The fraction of sp³-hybridized carbons (Fsp3) is 0.188. The van der Waals surface area contributed by atoms with E-state index in [2.05, 4.69) is 0 Å². The summed E-state index contributed by atoms with van der Waals surface area (Å²) in [4.78, 5) is 12.0. The Morgan fingerprint density at radius 1 is 1.08 bits per heavy atom. The van der Waals surface area contributed by atoms with Crippen LogP contribution in [0.5, 0.6) is 0 Å². The molecule has 10 heteroatoms. The number of amides is 1. The van der Waals surface area contributed by atoms with Gasteiger partial charge in [0.25, 0.3) is 0 Å². The van der Waals surface area contributed by atoms with Crippen LogP contribution in [0.25, 0.3) is 0 Å². The zero-order valence-electron chi connectivity index (χ0n) is 13.5. The molecule has 1 N–H and O–H groups in total. The first-order valence-corrected chi connectivity index (χ1v) is 9.43. The van der Waals surface area contributed by atoms with Crippen molar-refractivity contribution in [1.82, 2.24) is 4.31 Å². The van der Waals surface area contributed by atoms with Crippen LogP contribution < -0.4 is 5.32 Å². The lowest BCUT2D eigenvalue weighted by Crippen LogP contribution is -2.37. The molecule has 0 saturated heterocycles. The molecule has 0 aliphatic heterocycles. The van der Waals surface area contributed by atoms with Crippen LogP contribution in [0.3, 0.4) is 0 Å². The number of anilines is 1. The second-order valence-corrected chi connectivity index (χ2v) is 7.85. The van der Waals surface area contributed by atoms with Gasteiger partial charge in [0.2, 0.25) is 15.9 Å². The molecule has 0 aromatic heterocycles. The van der Waals surface area contributed by atoms with E-state index in [4.69, 9.17) is 11.6 Å². The Hall–Kier alpha value is -2.10. The minimum absolute atomic E-state index is 0.121. The van der Waals surface area contributed by atoms with Crippen LogP contribution in [-0.2, 0) is 21.4 Å². The van der Waals surface area contributed by atoms with Gasteiger partial charge in [-0.3, -0.25) is 4.79 Å². The van der Waals surface area contributed by atoms with Crippen molar-refractivity contribution in [3.8, 4) is 0 Å². The van der Waals surface area contributed by atoms with Gasteiger partial charge in [0.05, 0.1) is 18.5 Å². The molecule has 2 rings (SSSR count). The SMILES string of the molecule is CS(=O)(=O)N(CC(=O)Nc1ccc(F)c(F)c1F)Cc1ccc(Cl)cc1. The van der Waals surface area contributed by atoms with Crippen LogP contribution in [0.1, 0.15) is 5.56 Å². The quantitative estimate of drug-likeness (QED) is 0.749. The lowest BCUT2D eigenvalue weighted by molar-refractivity contribution is -0.116. The van der Waals surface area contributed by atoms with Crippen molar-refractivity contribution in [3.63, 3.8) is 0 Å². The summed E-state index contributed by atoms with van der Waals surface area (Å²) in [7, 11) is -3.77. The number of hydrogen-bond donors (Lipinski definition) is 1. The first-order chi connectivity index (χ1) is 12.1. The predicted molar refractivity (Wildman–Crippen MR) is 91.7 cm³/mol. The summed E-state index contributed by atoms with van der Waals surface area (Å²) in [6, 6.07) is 7.80. The summed E-state index contributed by atoms with van der Waals surface area (Å²) in [5.41, 5.74) is -0.0134. The maximum atomic E-state index is 13.6. The number of sulfonamides is 1. The molecule has 2 aromatic rings. The molecular weight excluding hydrogens is 393 g/mol.